The summed E-state index contributed by atoms with van der Waals surface area (Å²) in [6.45, 7) is 9.34. The van der Waals surface area contributed by atoms with E-state index in [0.717, 1.165) is 24.5 Å². The molecule has 2 aromatic rings. The van der Waals surface area contributed by atoms with Gasteiger partial charge in [-0.1, -0.05) is 13.8 Å². The van der Waals surface area contributed by atoms with Gasteiger partial charge in [-0.05, 0) is 45.0 Å². The van der Waals surface area contributed by atoms with E-state index in [1.165, 1.54) is 15.3 Å². The van der Waals surface area contributed by atoms with Crippen LogP contribution >= 0.6 is 11.3 Å². The lowest BCUT2D eigenvalue weighted by molar-refractivity contribution is 0.495. The van der Waals surface area contributed by atoms with E-state index in [4.69, 9.17) is 4.42 Å². The highest BCUT2D eigenvalue weighted by atomic mass is 32.1. The summed E-state index contributed by atoms with van der Waals surface area (Å²) in [7, 11) is 0. The van der Waals surface area contributed by atoms with Gasteiger partial charge in [-0.2, -0.15) is 0 Å². The van der Waals surface area contributed by atoms with Crippen molar-refractivity contribution in [3.8, 4) is 0 Å². The third-order valence-corrected chi connectivity index (χ3v) is 4.41. The topological polar surface area (TPSA) is 25.2 Å². The van der Waals surface area contributed by atoms with Crippen LogP contribution in [0.15, 0.2) is 22.6 Å². The van der Waals surface area contributed by atoms with Crippen LogP contribution in [0.4, 0.5) is 0 Å². The van der Waals surface area contributed by atoms with Crippen molar-refractivity contribution in [2.75, 3.05) is 6.54 Å². The Bertz CT molecular complexity index is 512. The molecule has 98 valence electrons. The lowest BCUT2D eigenvalue weighted by Crippen LogP contribution is -2.21. The number of aryl methyl sites for hydroxylation is 3. The maximum Gasteiger partial charge on any atom is 0.106 e. The lowest BCUT2D eigenvalue weighted by Gasteiger charge is -2.15. The largest absolute Gasteiger partial charge is 0.466 e. The molecule has 0 aliphatic heterocycles. The molecule has 18 heavy (non-hydrogen) atoms. The van der Waals surface area contributed by atoms with Gasteiger partial charge in [0.25, 0.3) is 0 Å². The van der Waals surface area contributed by atoms with Gasteiger partial charge in [-0.15, -0.1) is 11.3 Å². The third kappa shape index (κ3) is 2.68. The van der Waals surface area contributed by atoms with Gasteiger partial charge in [-0.3, -0.25) is 0 Å². The monoisotopic (exact) mass is 263 g/mol. The fourth-order valence-corrected chi connectivity index (χ4v) is 3.29. The van der Waals surface area contributed by atoms with Gasteiger partial charge in [0.15, 0.2) is 0 Å². The summed E-state index contributed by atoms with van der Waals surface area (Å²) in [4.78, 5) is 2.81. The van der Waals surface area contributed by atoms with Gasteiger partial charge in [0.1, 0.15) is 11.5 Å². The first-order valence-corrected chi connectivity index (χ1v) is 7.36. The molecule has 2 rings (SSSR count). The number of hydrogen-bond donors (Lipinski definition) is 1. The van der Waals surface area contributed by atoms with E-state index in [2.05, 4.69) is 37.4 Å². The Labute approximate surface area is 113 Å². The Morgan fingerprint density at radius 3 is 2.56 bits per heavy atom. The standard InChI is InChI=1S/C15H21NOS/c1-5-12-7-8-14(18-12)15(16-6-2)13-9-10(3)17-11(13)4/h7-9,15-16H,5-6H2,1-4H3. The number of thiophene rings is 1. The third-order valence-electron chi connectivity index (χ3n) is 3.11. The maximum absolute atomic E-state index is 5.66. The molecule has 0 bridgehead atoms. The predicted octanol–water partition coefficient (Wildman–Crippen LogP) is 4.22. The molecule has 2 heterocycles. The molecule has 0 spiro atoms. The fraction of sp³-hybridized carbons (Fsp3) is 0.467. The number of hydrogen-bond acceptors (Lipinski definition) is 3. The minimum atomic E-state index is 0.262. The highest BCUT2D eigenvalue weighted by molar-refractivity contribution is 7.12. The second-order valence-corrected chi connectivity index (χ2v) is 5.72. The molecule has 0 fully saturated rings. The summed E-state index contributed by atoms with van der Waals surface area (Å²) in [6, 6.07) is 6.87. The minimum Gasteiger partial charge on any atom is -0.466 e. The molecule has 0 aromatic carbocycles. The molecule has 0 saturated carbocycles. The first kappa shape index (κ1) is 13.4. The summed E-state index contributed by atoms with van der Waals surface area (Å²) in [5.41, 5.74) is 1.26. The van der Waals surface area contributed by atoms with Gasteiger partial charge in [0, 0.05) is 15.3 Å². The quantitative estimate of drug-likeness (QED) is 0.873. The second-order valence-electron chi connectivity index (χ2n) is 4.52. The SMILES string of the molecule is CCNC(c1ccc(CC)s1)c1cc(C)oc1C. The molecule has 1 atom stereocenters. The van der Waals surface area contributed by atoms with Gasteiger partial charge in [0.05, 0.1) is 6.04 Å². The Hall–Kier alpha value is -1.06. The van der Waals surface area contributed by atoms with E-state index in [0.29, 0.717) is 0 Å². The van der Waals surface area contributed by atoms with Crippen LogP contribution in [0, 0.1) is 13.8 Å². The molecule has 0 aliphatic rings. The van der Waals surface area contributed by atoms with Gasteiger partial charge >= 0.3 is 0 Å². The van der Waals surface area contributed by atoms with Gasteiger partial charge in [0.2, 0.25) is 0 Å². The first-order valence-electron chi connectivity index (χ1n) is 6.54. The van der Waals surface area contributed by atoms with E-state index in [-0.39, 0.29) is 6.04 Å². The molecule has 0 radical (unpaired) electrons. The highest BCUT2D eigenvalue weighted by Gasteiger charge is 2.19. The zero-order valence-corrected chi connectivity index (χ0v) is 12.4. The van der Waals surface area contributed by atoms with Crippen molar-refractivity contribution in [2.24, 2.45) is 0 Å². The normalized spacial score (nSPS) is 12.9. The van der Waals surface area contributed by atoms with Crippen LogP contribution in [-0.4, -0.2) is 6.54 Å². The van der Waals surface area contributed by atoms with Crippen LogP contribution in [0.25, 0.3) is 0 Å². The molecule has 2 nitrogen and oxygen atoms in total. The van der Waals surface area contributed by atoms with Crippen molar-refractivity contribution in [1.82, 2.24) is 5.32 Å². The smallest absolute Gasteiger partial charge is 0.106 e. The Balaban J connectivity index is 2.36. The highest BCUT2D eigenvalue weighted by Crippen LogP contribution is 2.32. The summed E-state index contributed by atoms with van der Waals surface area (Å²) >= 11 is 1.89. The van der Waals surface area contributed by atoms with Crippen molar-refractivity contribution in [1.29, 1.82) is 0 Å². The van der Waals surface area contributed by atoms with Crippen LogP contribution in [-0.2, 0) is 6.42 Å². The summed E-state index contributed by atoms with van der Waals surface area (Å²) in [5, 5.41) is 3.56. The van der Waals surface area contributed by atoms with Crippen molar-refractivity contribution in [3.05, 3.63) is 45.0 Å². The van der Waals surface area contributed by atoms with Gasteiger partial charge in [-0.25, -0.2) is 0 Å². The number of nitrogens with one attached hydrogen (secondary N) is 1. The molecule has 1 N–H and O–H groups in total. The van der Waals surface area contributed by atoms with Crippen LogP contribution in [0.3, 0.4) is 0 Å². The molecule has 0 amide bonds. The van der Waals surface area contributed by atoms with E-state index < -0.39 is 0 Å². The molecule has 1 unspecified atom stereocenters. The Morgan fingerprint density at radius 2 is 2.06 bits per heavy atom. The summed E-state index contributed by atoms with van der Waals surface area (Å²) < 4.78 is 5.66. The fourth-order valence-electron chi connectivity index (χ4n) is 2.24. The molecule has 2 aromatic heterocycles. The molecular formula is C15H21NOS. The zero-order valence-electron chi connectivity index (χ0n) is 11.5. The van der Waals surface area contributed by atoms with Crippen LogP contribution in [0.5, 0.6) is 0 Å². The molecular weight excluding hydrogens is 242 g/mol. The minimum absolute atomic E-state index is 0.262. The maximum atomic E-state index is 5.66. The average Bonchev–Trinajstić information content (AvgIpc) is 2.93. The Kier molecular flexibility index (Phi) is 4.25. The number of rotatable bonds is 5. The van der Waals surface area contributed by atoms with Gasteiger partial charge < -0.3 is 9.73 Å². The molecule has 0 saturated heterocycles. The average molecular weight is 263 g/mol. The first-order chi connectivity index (χ1) is 8.65. The van der Waals surface area contributed by atoms with Crippen molar-refractivity contribution in [2.45, 2.75) is 40.2 Å². The summed E-state index contributed by atoms with van der Waals surface area (Å²) in [5.74, 6) is 2.00. The van der Waals surface area contributed by atoms with E-state index in [9.17, 15) is 0 Å². The van der Waals surface area contributed by atoms with Crippen molar-refractivity contribution < 1.29 is 4.42 Å². The molecule has 0 aliphatic carbocycles. The van der Waals surface area contributed by atoms with Crippen LogP contribution in [0.2, 0.25) is 0 Å². The van der Waals surface area contributed by atoms with Crippen LogP contribution < -0.4 is 5.32 Å². The summed E-state index contributed by atoms with van der Waals surface area (Å²) in [6.07, 6.45) is 1.10. The van der Waals surface area contributed by atoms with Crippen LogP contribution in [0.1, 0.15) is 46.7 Å². The van der Waals surface area contributed by atoms with E-state index in [1.54, 1.807) is 0 Å². The zero-order chi connectivity index (χ0) is 13.1. The Morgan fingerprint density at radius 1 is 1.28 bits per heavy atom. The van der Waals surface area contributed by atoms with E-state index >= 15 is 0 Å². The molecule has 3 heteroatoms. The predicted molar refractivity (Wildman–Crippen MR) is 77.4 cm³/mol. The van der Waals surface area contributed by atoms with Crippen molar-refractivity contribution in [3.63, 3.8) is 0 Å². The second kappa shape index (κ2) is 5.72. The van der Waals surface area contributed by atoms with E-state index in [1.807, 2.05) is 25.2 Å². The lowest BCUT2D eigenvalue weighted by atomic mass is 10.1. The number of furan rings is 1. The van der Waals surface area contributed by atoms with Crippen molar-refractivity contribution >= 4 is 11.3 Å².